The number of fused-ring (bicyclic) bond motifs is 1. The molecule has 3 rings (SSSR count). The highest BCUT2D eigenvalue weighted by Crippen LogP contribution is 2.35. The number of hydrogen-bond acceptors (Lipinski definition) is 4. The van der Waals surface area contributed by atoms with Gasteiger partial charge in [0.25, 0.3) is 0 Å². The molecule has 2 aromatic heterocycles. The number of hydrogen-bond donors (Lipinski definition) is 0. The summed E-state index contributed by atoms with van der Waals surface area (Å²) < 4.78 is 57.2. The van der Waals surface area contributed by atoms with Crippen LogP contribution in [0.2, 0.25) is 0 Å². The molecule has 0 aliphatic rings. The van der Waals surface area contributed by atoms with Crippen LogP contribution in [-0.2, 0) is 6.18 Å². The van der Waals surface area contributed by atoms with E-state index in [0.29, 0.717) is 10.9 Å². The van der Waals surface area contributed by atoms with Crippen LogP contribution in [0, 0.1) is 12.7 Å². The van der Waals surface area contributed by atoms with Crippen LogP contribution in [0.25, 0.3) is 21.6 Å². The quantitative estimate of drug-likeness (QED) is 0.626. The van der Waals surface area contributed by atoms with Gasteiger partial charge in [0, 0.05) is 10.8 Å². The molecular weight excluding hydrogens is 332 g/mol. The van der Waals surface area contributed by atoms with Crippen LogP contribution in [0.4, 0.5) is 17.6 Å². The maximum atomic E-state index is 14.4. The molecule has 0 saturated heterocycles. The summed E-state index contributed by atoms with van der Waals surface area (Å²) in [6.07, 6.45) is -4.52. The predicted octanol–water partition coefficient (Wildman–Crippen LogP) is 4.83. The first kappa shape index (κ1) is 15.7. The van der Waals surface area contributed by atoms with Crippen molar-refractivity contribution in [2.45, 2.75) is 13.1 Å². The van der Waals surface area contributed by atoms with E-state index in [-0.39, 0.29) is 22.0 Å². The molecule has 0 amide bonds. The molecular formula is C15H10F4N2OS. The first-order valence-corrected chi connectivity index (χ1v) is 7.36. The van der Waals surface area contributed by atoms with Gasteiger partial charge in [0.15, 0.2) is 17.3 Å². The summed E-state index contributed by atoms with van der Waals surface area (Å²) in [4.78, 5) is 7.68. The van der Waals surface area contributed by atoms with Gasteiger partial charge in [-0.1, -0.05) is 0 Å². The topological polar surface area (TPSA) is 35.0 Å². The molecule has 0 bridgehead atoms. The zero-order valence-corrected chi connectivity index (χ0v) is 12.8. The maximum absolute atomic E-state index is 14.4. The standard InChI is InChI=1S/C15H10F4N2OS/c1-7-5-9(14-21-11(6-23-14)15(17,18)19)20-13-8(7)3-4-10(22-2)12(13)16/h3-6H,1-2H3. The van der Waals surface area contributed by atoms with Crippen molar-refractivity contribution in [2.24, 2.45) is 0 Å². The van der Waals surface area contributed by atoms with E-state index in [0.717, 1.165) is 16.7 Å². The van der Waals surface area contributed by atoms with E-state index >= 15 is 0 Å². The molecule has 2 heterocycles. The van der Waals surface area contributed by atoms with Crippen LogP contribution in [0.1, 0.15) is 11.3 Å². The average Bonchev–Trinajstić information content (AvgIpc) is 2.98. The minimum absolute atomic E-state index is 0.0247. The maximum Gasteiger partial charge on any atom is 0.434 e. The first-order valence-electron chi connectivity index (χ1n) is 6.48. The minimum atomic E-state index is -4.52. The number of halogens is 4. The van der Waals surface area contributed by atoms with Gasteiger partial charge in [-0.15, -0.1) is 11.3 Å². The number of pyridine rings is 1. The van der Waals surface area contributed by atoms with Gasteiger partial charge >= 0.3 is 6.18 Å². The van der Waals surface area contributed by atoms with Crippen molar-refractivity contribution in [2.75, 3.05) is 7.11 Å². The predicted molar refractivity (Wildman–Crippen MR) is 79.1 cm³/mol. The van der Waals surface area contributed by atoms with Gasteiger partial charge in [0.05, 0.1) is 7.11 Å². The normalized spacial score (nSPS) is 11.9. The molecule has 0 spiro atoms. The Hall–Kier alpha value is -2.22. The Morgan fingerprint density at radius 1 is 1.17 bits per heavy atom. The van der Waals surface area contributed by atoms with Crippen LogP contribution in [0.3, 0.4) is 0 Å². The molecule has 23 heavy (non-hydrogen) atoms. The second-order valence-electron chi connectivity index (χ2n) is 4.84. The molecule has 0 N–H and O–H groups in total. The molecule has 0 aliphatic carbocycles. The number of benzene rings is 1. The van der Waals surface area contributed by atoms with Crippen molar-refractivity contribution in [3.05, 3.63) is 40.7 Å². The molecule has 0 saturated carbocycles. The first-order chi connectivity index (χ1) is 10.8. The third-order valence-electron chi connectivity index (χ3n) is 3.32. The van der Waals surface area contributed by atoms with E-state index in [2.05, 4.69) is 9.97 Å². The number of nitrogens with zero attached hydrogens (tertiary/aromatic N) is 2. The monoisotopic (exact) mass is 342 g/mol. The van der Waals surface area contributed by atoms with Gasteiger partial charge in [0.1, 0.15) is 16.2 Å². The van der Waals surface area contributed by atoms with Gasteiger partial charge < -0.3 is 4.74 Å². The number of thiazole rings is 1. The largest absolute Gasteiger partial charge is 0.494 e. The highest BCUT2D eigenvalue weighted by Gasteiger charge is 2.34. The molecule has 0 atom stereocenters. The Kier molecular flexibility index (Phi) is 3.71. The summed E-state index contributed by atoms with van der Waals surface area (Å²) in [6.45, 7) is 1.73. The number of aryl methyl sites for hydroxylation is 1. The molecule has 3 nitrogen and oxygen atoms in total. The van der Waals surface area contributed by atoms with E-state index in [1.165, 1.54) is 13.2 Å². The highest BCUT2D eigenvalue weighted by molar-refractivity contribution is 7.13. The van der Waals surface area contributed by atoms with Crippen LogP contribution < -0.4 is 4.74 Å². The van der Waals surface area contributed by atoms with Crippen molar-refractivity contribution in [3.8, 4) is 16.5 Å². The number of ether oxygens (including phenoxy) is 1. The van der Waals surface area contributed by atoms with Crippen LogP contribution >= 0.6 is 11.3 Å². The van der Waals surface area contributed by atoms with E-state index in [4.69, 9.17) is 4.74 Å². The SMILES string of the molecule is COc1ccc2c(C)cc(-c3nc(C(F)(F)F)cs3)nc2c1F. The average molecular weight is 342 g/mol. The Balaban J connectivity index is 2.19. The van der Waals surface area contributed by atoms with Crippen LogP contribution in [-0.4, -0.2) is 17.1 Å². The zero-order chi connectivity index (χ0) is 16.8. The van der Waals surface area contributed by atoms with Crippen molar-refractivity contribution >= 4 is 22.2 Å². The fraction of sp³-hybridized carbons (Fsp3) is 0.200. The van der Waals surface area contributed by atoms with E-state index in [9.17, 15) is 17.6 Å². The molecule has 1 aromatic carbocycles. The highest BCUT2D eigenvalue weighted by atomic mass is 32.1. The Morgan fingerprint density at radius 2 is 1.91 bits per heavy atom. The van der Waals surface area contributed by atoms with Crippen molar-refractivity contribution in [1.82, 2.24) is 9.97 Å². The van der Waals surface area contributed by atoms with Crippen molar-refractivity contribution in [3.63, 3.8) is 0 Å². The third-order valence-corrected chi connectivity index (χ3v) is 4.19. The lowest BCUT2D eigenvalue weighted by Gasteiger charge is -2.08. The summed E-state index contributed by atoms with van der Waals surface area (Å²) in [7, 11) is 1.33. The van der Waals surface area contributed by atoms with Crippen LogP contribution in [0.5, 0.6) is 5.75 Å². The van der Waals surface area contributed by atoms with E-state index in [1.807, 2.05) is 0 Å². The number of methoxy groups -OCH3 is 1. The third kappa shape index (κ3) is 2.74. The lowest BCUT2D eigenvalue weighted by atomic mass is 10.1. The summed E-state index contributed by atoms with van der Waals surface area (Å²) in [5, 5.41) is 1.57. The second kappa shape index (κ2) is 5.45. The molecule has 3 aromatic rings. The van der Waals surface area contributed by atoms with Gasteiger partial charge in [-0.05, 0) is 30.7 Å². The number of aromatic nitrogens is 2. The Bertz CT molecular complexity index is 889. The zero-order valence-electron chi connectivity index (χ0n) is 12.0. The molecule has 8 heteroatoms. The number of alkyl halides is 3. The molecule has 0 aliphatic heterocycles. The lowest BCUT2D eigenvalue weighted by molar-refractivity contribution is -0.140. The molecule has 0 unspecified atom stereocenters. The van der Waals surface area contributed by atoms with Crippen molar-refractivity contribution < 1.29 is 22.3 Å². The Morgan fingerprint density at radius 3 is 2.52 bits per heavy atom. The van der Waals surface area contributed by atoms with E-state index < -0.39 is 17.7 Å². The summed E-state index contributed by atoms with van der Waals surface area (Å²) in [5.74, 6) is -0.626. The summed E-state index contributed by atoms with van der Waals surface area (Å²) in [5.41, 5.74) is -0.0516. The van der Waals surface area contributed by atoms with Gasteiger partial charge in [0.2, 0.25) is 0 Å². The number of rotatable bonds is 2. The minimum Gasteiger partial charge on any atom is -0.494 e. The van der Waals surface area contributed by atoms with E-state index in [1.54, 1.807) is 19.1 Å². The molecule has 120 valence electrons. The van der Waals surface area contributed by atoms with Crippen molar-refractivity contribution in [1.29, 1.82) is 0 Å². The molecule has 0 fully saturated rings. The van der Waals surface area contributed by atoms with Gasteiger partial charge in [-0.2, -0.15) is 13.2 Å². The summed E-state index contributed by atoms with van der Waals surface area (Å²) in [6, 6.07) is 4.73. The van der Waals surface area contributed by atoms with Gasteiger partial charge in [-0.25, -0.2) is 14.4 Å². The van der Waals surface area contributed by atoms with Crippen LogP contribution in [0.15, 0.2) is 23.6 Å². The summed E-state index contributed by atoms with van der Waals surface area (Å²) >= 11 is 0.815. The fourth-order valence-electron chi connectivity index (χ4n) is 2.20. The fourth-order valence-corrected chi connectivity index (χ4v) is 2.98. The Labute approximate surface area is 132 Å². The second-order valence-corrected chi connectivity index (χ2v) is 5.70. The molecule has 0 radical (unpaired) electrons. The smallest absolute Gasteiger partial charge is 0.434 e. The lowest BCUT2D eigenvalue weighted by Crippen LogP contribution is -2.05. The van der Waals surface area contributed by atoms with Gasteiger partial charge in [-0.3, -0.25) is 0 Å².